The van der Waals surface area contributed by atoms with Gasteiger partial charge in [0.25, 0.3) is 0 Å². The van der Waals surface area contributed by atoms with Crippen LogP contribution < -0.4 is 15.2 Å². The monoisotopic (exact) mass is 220 g/mol. The van der Waals surface area contributed by atoms with E-state index in [1.54, 1.807) is 7.11 Å². The Hall–Kier alpha value is -2.11. The van der Waals surface area contributed by atoms with Crippen LogP contribution in [0.1, 0.15) is 5.56 Å². The van der Waals surface area contributed by atoms with Crippen LogP contribution in [0.15, 0.2) is 28.6 Å². The maximum Gasteiger partial charge on any atom is 0.195 e. The van der Waals surface area contributed by atoms with Crippen molar-refractivity contribution in [1.29, 1.82) is 0 Å². The van der Waals surface area contributed by atoms with Crippen LogP contribution in [0.5, 0.6) is 5.75 Å². The van der Waals surface area contributed by atoms with Gasteiger partial charge in [-0.3, -0.25) is 10.2 Å². The van der Waals surface area contributed by atoms with Crippen molar-refractivity contribution in [2.24, 2.45) is 10.4 Å². The molecule has 0 aliphatic carbocycles. The maximum atomic E-state index is 10.8. The lowest BCUT2D eigenvalue weighted by Crippen LogP contribution is -2.36. The Morgan fingerprint density at radius 1 is 1.56 bits per heavy atom. The molecule has 1 heterocycles. The van der Waals surface area contributed by atoms with Gasteiger partial charge in [0.1, 0.15) is 5.75 Å². The normalized spacial score (nSPS) is 18.4. The SMILES string of the molecule is COc1cccc(N2N=NNC2C=O)c1C. The molecule has 1 atom stereocenters. The largest absolute Gasteiger partial charge is 0.496 e. The molecule has 0 saturated carbocycles. The highest BCUT2D eigenvalue weighted by Gasteiger charge is 2.24. The van der Waals surface area contributed by atoms with Gasteiger partial charge in [-0.05, 0) is 24.3 Å². The summed E-state index contributed by atoms with van der Waals surface area (Å²) < 4.78 is 5.21. The smallest absolute Gasteiger partial charge is 0.195 e. The Balaban J connectivity index is 2.40. The minimum Gasteiger partial charge on any atom is -0.496 e. The molecule has 0 fully saturated rings. The van der Waals surface area contributed by atoms with E-state index in [0.717, 1.165) is 23.3 Å². The van der Waals surface area contributed by atoms with Crippen molar-refractivity contribution < 1.29 is 9.53 Å². The molecule has 6 nitrogen and oxygen atoms in total. The zero-order valence-corrected chi connectivity index (χ0v) is 9.04. The van der Waals surface area contributed by atoms with Crippen molar-refractivity contribution in [1.82, 2.24) is 5.43 Å². The lowest BCUT2D eigenvalue weighted by atomic mass is 10.1. The first-order valence-corrected chi connectivity index (χ1v) is 4.82. The molecular formula is C10H12N4O2. The zero-order valence-electron chi connectivity index (χ0n) is 9.04. The highest BCUT2D eigenvalue weighted by Crippen LogP contribution is 2.30. The average molecular weight is 220 g/mol. The van der Waals surface area contributed by atoms with E-state index < -0.39 is 6.17 Å². The van der Waals surface area contributed by atoms with E-state index in [0.29, 0.717) is 0 Å². The van der Waals surface area contributed by atoms with Gasteiger partial charge in [-0.25, -0.2) is 5.01 Å². The molecule has 1 aliphatic rings. The topological polar surface area (TPSA) is 66.3 Å². The molecule has 0 aromatic heterocycles. The molecular weight excluding hydrogens is 208 g/mol. The van der Waals surface area contributed by atoms with Gasteiger partial charge in [-0.2, -0.15) is 0 Å². The van der Waals surface area contributed by atoms with Gasteiger partial charge in [-0.1, -0.05) is 11.3 Å². The molecule has 0 bridgehead atoms. The molecule has 1 aliphatic heterocycles. The molecule has 1 aromatic carbocycles. The predicted octanol–water partition coefficient (Wildman–Crippen LogP) is 1.22. The minimum absolute atomic E-state index is 0.550. The highest BCUT2D eigenvalue weighted by atomic mass is 16.5. The predicted molar refractivity (Wildman–Crippen MR) is 58.1 cm³/mol. The van der Waals surface area contributed by atoms with E-state index in [1.165, 1.54) is 5.01 Å². The van der Waals surface area contributed by atoms with Crippen molar-refractivity contribution >= 4 is 12.0 Å². The van der Waals surface area contributed by atoms with Crippen molar-refractivity contribution in [3.63, 3.8) is 0 Å². The summed E-state index contributed by atoms with van der Waals surface area (Å²) in [4.78, 5) is 10.8. The van der Waals surface area contributed by atoms with Crippen LogP contribution in [-0.2, 0) is 4.79 Å². The number of benzene rings is 1. The van der Waals surface area contributed by atoms with E-state index in [4.69, 9.17) is 4.74 Å². The molecule has 1 unspecified atom stereocenters. The number of ether oxygens (including phenoxy) is 1. The molecule has 1 N–H and O–H groups in total. The number of carbonyl (C=O) groups is 1. The molecule has 0 spiro atoms. The van der Waals surface area contributed by atoms with E-state index >= 15 is 0 Å². The summed E-state index contributed by atoms with van der Waals surface area (Å²) >= 11 is 0. The van der Waals surface area contributed by atoms with Crippen molar-refractivity contribution in [2.75, 3.05) is 12.1 Å². The van der Waals surface area contributed by atoms with Gasteiger partial charge >= 0.3 is 0 Å². The molecule has 0 saturated heterocycles. The highest BCUT2D eigenvalue weighted by molar-refractivity contribution is 5.68. The standard InChI is InChI=1S/C10H12N4O2/c1-7-8(4-3-5-9(7)16-2)14-10(6-15)11-12-13-14/h3-6,10H,1-2H3,(H,11,13). The van der Waals surface area contributed by atoms with Gasteiger partial charge in [0.2, 0.25) is 0 Å². The molecule has 1 aromatic rings. The van der Waals surface area contributed by atoms with E-state index in [9.17, 15) is 4.79 Å². The number of anilines is 1. The number of nitrogens with zero attached hydrogens (tertiary/aromatic N) is 3. The Morgan fingerprint density at radius 2 is 2.38 bits per heavy atom. The third-order valence-corrected chi connectivity index (χ3v) is 2.45. The van der Waals surface area contributed by atoms with Crippen LogP contribution in [0.2, 0.25) is 0 Å². The van der Waals surface area contributed by atoms with Crippen LogP contribution in [-0.4, -0.2) is 19.6 Å². The van der Waals surface area contributed by atoms with Crippen LogP contribution >= 0.6 is 0 Å². The number of aldehydes is 1. The zero-order chi connectivity index (χ0) is 11.5. The molecule has 6 heteroatoms. The van der Waals surface area contributed by atoms with Gasteiger partial charge in [0, 0.05) is 5.56 Å². The van der Waals surface area contributed by atoms with Crippen molar-refractivity contribution in [3.8, 4) is 5.75 Å². The van der Waals surface area contributed by atoms with Gasteiger partial charge in [0.15, 0.2) is 12.5 Å². The van der Waals surface area contributed by atoms with Crippen LogP contribution in [0.3, 0.4) is 0 Å². The molecule has 0 radical (unpaired) electrons. The molecule has 2 rings (SSSR count). The number of rotatable bonds is 3. The summed E-state index contributed by atoms with van der Waals surface area (Å²) in [5.41, 5.74) is 4.31. The first-order valence-electron chi connectivity index (χ1n) is 4.82. The third-order valence-electron chi connectivity index (χ3n) is 2.45. The maximum absolute atomic E-state index is 10.8. The summed E-state index contributed by atoms with van der Waals surface area (Å²) in [5, 5.41) is 8.99. The minimum atomic E-state index is -0.550. The lowest BCUT2D eigenvalue weighted by molar-refractivity contribution is -0.109. The Kier molecular flexibility index (Phi) is 2.72. The summed E-state index contributed by atoms with van der Waals surface area (Å²) in [6.45, 7) is 1.91. The summed E-state index contributed by atoms with van der Waals surface area (Å²) in [6.07, 6.45) is 0.199. The number of carbonyl (C=O) groups excluding carboxylic acids is 1. The summed E-state index contributed by atoms with van der Waals surface area (Å²) in [5.74, 6) is 0.754. The average Bonchev–Trinajstić information content (AvgIpc) is 2.77. The first-order chi connectivity index (χ1) is 7.77. The van der Waals surface area contributed by atoms with Gasteiger partial charge < -0.3 is 4.74 Å². The fourth-order valence-corrected chi connectivity index (χ4v) is 1.60. The van der Waals surface area contributed by atoms with Gasteiger partial charge in [-0.15, -0.1) is 0 Å². The first kappa shape index (κ1) is 10.4. The number of methoxy groups -OCH3 is 1. The third kappa shape index (κ3) is 1.58. The molecule has 84 valence electrons. The quantitative estimate of drug-likeness (QED) is 0.778. The second-order valence-electron chi connectivity index (χ2n) is 3.35. The summed E-state index contributed by atoms with van der Waals surface area (Å²) in [7, 11) is 1.60. The summed E-state index contributed by atoms with van der Waals surface area (Å²) in [6, 6.07) is 5.56. The number of hydrogen-bond donors (Lipinski definition) is 1. The van der Waals surface area contributed by atoms with E-state index in [2.05, 4.69) is 15.9 Å². The Morgan fingerprint density at radius 3 is 3.06 bits per heavy atom. The van der Waals surface area contributed by atoms with Crippen LogP contribution in [0.4, 0.5) is 5.69 Å². The van der Waals surface area contributed by atoms with E-state index in [-0.39, 0.29) is 0 Å². The van der Waals surface area contributed by atoms with Gasteiger partial charge in [0.05, 0.1) is 12.8 Å². The molecule has 16 heavy (non-hydrogen) atoms. The number of nitrogens with one attached hydrogen (secondary N) is 1. The second-order valence-corrected chi connectivity index (χ2v) is 3.35. The lowest BCUT2D eigenvalue weighted by Gasteiger charge is -2.19. The van der Waals surface area contributed by atoms with Crippen LogP contribution in [0, 0.1) is 6.92 Å². The Bertz CT molecular complexity index is 433. The Labute approximate surface area is 92.9 Å². The second kappa shape index (κ2) is 4.18. The fraction of sp³-hybridized carbons (Fsp3) is 0.300. The van der Waals surface area contributed by atoms with Crippen molar-refractivity contribution in [2.45, 2.75) is 13.1 Å². The van der Waals surface area contributed by atoms with Crippen molar-refractivity contribution in [3.05, 3.63) is 23.8 Å². The number of hydrogen-bond acceptors (Lipinski definition) is 6. The van der Waals surface area contributed by atoms with Crippen LogP contribution in [0.25, 0.3) is 0 Å². The van der Waals surface area contributed by atoms with E-state index in [1.807, 2.05) is 25.1 Å². The fourth-order valence-electron chi connectivity index (χ4n) is 1.60. The molecule has 0 amide bonds.